The lowest BCUT2D eigenvalue weighted by molar-refractivity contribution is -0.119. The van der Waals surface area contributed by atoms with E-state index in [0.29, 0.717) is 12.8 Å². The molecule has 1 aliphatic heterocycles. The number of benzene rings is 2. The Morgan fingerprint density at radius 1 is 1.04 bits per heavy atom. The average molecular weight is 373 g/mol. The molecule has 1 saturated heterocycles. The molecule has 3 rings (SSSR count). The number of carbonyl (C=O) groups excluding carboxylic acids is 2. The standard InChI is InChI=1S/C18H19N3O4S/c19-17(22)14-9-4-5-10-15(14)20-18(23)16-11-6-12-21(16)26(24,25)13-7-2-1-3-8-13/h1-5,7-10,16H,6,11-12H2,(H2,19,22)(H,20,23)/t16-/m0/s1. The van der Waals surface area contributed by atoms with Gasteiger partial charge in [-0.05, 0) is 37.1 Å². The van der Waals surface area contributed by atoms with E-state index in [1.54, 1.807) is 36.4 Å². The fourth-order valence-corrected chi connectivity index (χ4v) is 4.72. The van der Waals surface area contributed by atoms with E-state index in [2.05, 4.69) is 5.32 Å². The third kappa shape index (κ3) is 3.47. The summed E-state index contributed by atoms with van der Waals surface area (Å²) >= 11 is 0. The lowest BCUT2D eigenvalue weighted by atomic mass is 10.1. The number of anilines is 1. The Kier molecular flexibility index (Phi) is 5.06. The molecule has 0 spiro atoms. The van der Waals surface area contributed by atoms with Crippen molar-refractivity contribution in [3.8, 4) is 0 Å². The molecule has 1 atom stereocenters. The van der Waals surface area contributed by atoms with Gasteiger partial charge >= 0.3 is 0 Å². The van der Waals surface area contributed by atoms with E-state index in [-0.39, 0.29) is 22.7 Å². The van der Waals surface area contributed by atoms with Crippen molar-refractivity contribution in [1.29, 1.82) is 0 Å². The Balaban J connectivity index is 1.85. The van der Waals surface area contributed by atoms with Crippen LogP contribution in [0.1, 0.15) is 23.2 Å². The Morgan fingerprint density at radius 3 is 2.38 bits per heavy atom. The third-order valence-corrected chi connectivity index (χ3v) is 6.23. The predicted molar refractivity (Wildman–Crippen MR) is 96.9 cm³/mol. The van der Waals surface area contributed by atoms with Gasteiger partial charge in [-0.3, -0.25) is 9.59 Å². The molecule has 0 unspecified atom stereocenters. The number of hydrogen-bond acceptors (Lipinski definition) is 4. The summed E-state index contributed by atoms with van der Waals surface area (Å²) in [7, 11) is -3.77. The molecule has 8 heteroatoms. The normalized spacial score (nSPS) is 17.8. The van der Waals surface area contributed by atoms with Crippen molar-refractivity contribution in [2.24, 2.45) is 5.73 Å². The van der Waals surface area contributed by atoms with Crippen LogP contribution in [0.5, 0.6) is 0 Å². The first kappa shape index (κ1) is 18.1. The first-order valence-electron chi connectivity index (χ1n) is 8.18. The molecule has 2 aromatic carbocycles. The minimum atomic E-state index is -3.77. The smallest absolute Gasteiger partial charge is 0.250 e. The highest BCUT2D eigenvalue weighted by molar-refractivity contribution is 7.89. The second-order valence-electron chi connectivity index (χ2n) is 5.99. The zero-order chi connectivity index (χ0) is 18.7. The van der Waals surface area contributed by atoms with Crippen LogP contribution >= 0.6 is 0 Å². The Hall–Kier alpha value is -2.71. The van der Waals surface area contributed by atoms with Crippen LogP contribution in [0.3, 0.4) is 0 Å². The highest BCUT2D eigenvalue weighted by Crippen LogP contribution is 2.27. The molecule has 2 aromatic rings. The van der Waals surface area contributed by atoms with E-state index in [0.717, 1.165) is 0 Å². The number of rotatable bonds is 5. The van der Waals surface area contributed by atoms with Gasteiger partial charge in [0.1, 0.15) is 6.04 Å². The number of para-hydroxylation sites is 1. The Morgan fingerprint density at radius 2 is 1.69 bits per heavy atom. The molecule has 0 aromatic heterocycles. The second kappa shape index (κ2) is 7.27. The molecule has 2 amide bonds. The number of carbonyl (C=O) groups is 2. The average Bonchev–Trinajstić information content (AvgIpc) is 3.13. The van der Waals surface area contributed by atoms with Gasteiger partial charge in [-0.15, -0.1) is 0 Å². The monoisotopic (exact) mass is 373 g/mol. The van der Waals surface area contributed by atoms with Crippen molar-refractivity contribution in [3.05, 3.63) is 60.2 Å². The van der Waals surface area contributed by atoms with Crippen LogP contribution in [0.15, 0.2) is 59.5 Å². The molecule has 0 aliphatic carbocycles. The molecule has 0 bridgehead atoms. The van der Waals surface area contributed by atoms with Crippen molar-refractivity contribution in [1.82, 2.24) is 4.31 Å². The number of nitrogens with two attached hydrogens (primary N) is 1. The number of nitrogens with one attached hydrogen (secondary N) is 1. The summed E-state index contributed by atoms with van der Waals surface area (Å²) in [6, 6.07) is 13.5. The number of sulfonamides is 1. The summed E-state index contributed by atoms with van der Waals surface area (Å²) in [6.45, 7) is 0.271. The Bertz CT molecular complexity index is 928. The van der Waals surface area contributed by atoms with Crippen LogP contribution in [0.4, 0.5) is 5.69 Å². The molecule has 1 fully saturated rings. The van der Waals surface area contributed by atoms with Gasteiger partial charge in [0.2, 0.25) is 15.9 Å². The Labute approximate surface area is 151 Å². The molecule has 1 aliphatic rings. The second-order valence-corrected chi connectivity index (χ2v) is 7.88. The van der Waals surface area contributed by atoms with E-state index in [1.165, 1.54) is 22.5 Å². The van der Waals surface area contributed by atoms with Crippen molar-refractivity contribution in [2.75, 3.05) is 11.9 Å². The fraction of sp³-hybridized carbons (Fsp3) is 0.222. The van der Waals surface area contributed by atoms with Crippen LogP contribution in [-0.2, 0) is 14.8 Å². The van der Waals surface area contributed by atoms with Crippen LogP contribution in [0.2, 0.25) is 0 Å². The van der Waals surface area contributed by atoms with Gasteiger partial charge in [0.15, 0.2) is 0 Å². The molecule has 136 valence electrons. The molecule has 0 saturated carbocycles. The summed E-state index contributed by atoms with van der Waals surface area (Å²) in [6.07, 6.45) is 0.998. The summed E-state index contributed by atoms with van der Waals surface area (Å²) in [5.74, 6) is -1.14. The maximum Gasteiger partial charge on any atom is 0.250 e. The zero-order valence-corrected chi connectivity index (χ0v) is 14.8. The van der Waals surface area contributed by atoms with Crippen LogP contribution in [0.25, 0.3) is 0 Å². The largest absolute Gasteiger partial charge is 0.366 e. The molecular formula is C18H19N3O4S. The van der Waals surface area contributed by atoms with E-state index in [4.69, 9.17) is 5.73 Å². The maximum atomic E-state index is 12.8. The highest BCUT2D eigenvalue weighted by atomic mass is 32.2. The summed E-state index contributed by atoms with van der Waals surface area (Å²) in [5.41, 5.74) is 5.77. The summed E-state index contributed by atoms with van der Waals surface area (Å²) in [4.78, 5) is 24.4. The number of amides is 2. The van der Waals surface area contributed by atoms with E-state index < -0.39 is 27.9 Å². The fourth-order valence-electron chi connectivity index (χ4n) is 3.04. The number of hydrogen-bond donors (Lipinski definition) is 2. The van der Waals surface area contributed by atoms with Crippen LogP contribution in [-0.4, -0.2) is 37.1 Å². The van der Waals surface area contributed by atoms with E-state index >= 15 is 0 Å². The van der Waals surface area contributed by atoms with Crippen LogP contribution < -0.4 is 11.1 Å². The molecule has 0 radical (unpaired) electrons. The molecule has 3 N–H and O–H groups in total. The van der Waals surface area contributed by atoms with Gasteiger partial charge in [-0.25, -0.2) is 8.42 Å². The van der Waals surface area contributed by atoms with Crippen molar-refractivity contribution < 1.29 is 18.0 Å². The summed E-state index contributed by atoms with van der Waals surface area (Å²) < 4.78 is 26.9. The highest BCUT2D eigenvalue weighted by Gasteiger charge is 2.39. The van der Waals surface area contributed by atoms with Gasteiger partial charge in [0.25, 0.3) is 5.91 Å². The van der Waals surface area contributed by atoms with Gasteiger partial charge in [0.05, 0.1) is 16.1 Å². The molecular weight excluding hydrogens is 354 g/mol. The first-order valence-corrected chi connectivity index (χ1v) is 9.62. The van der Waals surface area contributed by atoms with Crippen molar-refractivity contribution in [3.63, 3.8) is 0 Å². The van der Waals surface area contributed by atoms with Gasteiger partial charge < -0.3 is 11.1 Å². The lowest BCUT2D eigenvalue weighted by Crippen LogP contribution is -2.43. The van der Waals surface area contributed by atoms with Gasteiger partial charge in [0, 0.05) is 6.54 Å². The first-order chi connectivity index (χ1) is 12.4. The van der Waals surface area contributed by atoms with Crippen LogP contribution in [0, 0.1) is 0 Å². The maximum absolute atomic E-state index is 12.8. The SMILES string of the molecule is NC(=O)c1ccccc1NC(=O)[C@@H]1CCCN1S(=O)(=O)c1ccccc1. The number of nitrogens with zero attached hydrogens (tertiary/aromatic N) is 1. The van der Waals surface area contributed by atoms with E-state index in [1.807, 2.05) is 0 Å². The summed E-state index contributed by atoms with van der Waals surface area (Å²) in [5, 5.41) is 2.64. The number of primary amides is 1. The lowest BCUT2D eigenvalue weighted by Gasteiger charge is -2.23. The zero-order valence-electron chi connectivity index (χ0n) is 14.0. The van der Waals surface area contributed by atoms with Crippen molar-refractivity contribution >= 4 is 27.5 Å². The third-order valence-electron chi connectivity index (χ3n) is 4.31. The van der Waals surface area contributed by atoms with Gasteiger partial charge in [-0.1, -0.05) is 30.3 Å². The topological polar surface area (TPSA) is 110 Å². The predicted octanol–water partition coefficient (Wildman–Crippen LogP) is 1.58. The molecule has 1 heterocycles. The molecule has 7 nitrogen and oxygen atoms in total. The van der Waals surface area contributed by atoms with E-state index in [9.17, 15) is 18.0 Å². The molecule has 26 heavy (non-hydrogen) atoms. The quantitative estimate of drug-likeness (QED) is 0.829. The minimum absolute atomic E-state index is 0.150. The minimum Gasteiger partial charge on any atom is -0.366 e. The van der Waals surface area contributed by atoms with Gasteiger partial charge in [-0.2, -0.15) is 4.31 Å². The van der Waals surface area contributed by atoms with Crippen molar-refractivity contribution in [2.45, 2.75) is 23.8 Å².